The lowest BCUT2D eigenvalue weighted by Crippen LogP contribution is -2.26. The van der Waals surface area contributed by atoms with Gasteiger partial charge in [-0.05, 0) is 25.2 Å². The minimum Gasteiger partial charge on any atom is -0.342 e. The van der Waals surface area contributed by atoms with Crippen molar-refractivity contribution in [3.63, 3.8) is 0 Å². The van der Waals surface area contributed by atoms with Crippen LogP contribution in [-0.2, 0) is 4.79 Å². The van der Waals surface area contributed by atoms with E-state index in [1.165, 1.54) is 12.8 Å². The van der Waals surface area contributed by atoms with Crippen LogP contribution in [0.25, 0.3) is 0 Å². The van der Waals surface area contributed by atoms with Gasteiger partial charge in [0.2, 0.25) is 5.91 Å². The smallest absolute Gasteiger partial charge is 0.222 e. The highest BCUT2D eigenvalue weighted by atomic mass is 16.2. The van der Waals surface area contributed by atoms with Crippen LogP contribution in [0, 0.1) is 5.92 Å². The Labute approximate surface area is 61.2 Å². The SMILES string of the molecule is O=C1CCCN1CC1CC1. The van der Waals surface area contributed by atoms with Crippen molar-refractivity contribution in [3.8, 4) is 0 Å². The monoisotopic (exact) mass is 139 g/mol. The molecule has 2 nitrogen and oxygen atoms in total. The number of carbonyl (C=O) groups excluding carboxylic acids is 1. The van der Waals surface area contributed by atoms with Crippen molar-refractivity contribution >= 4 is 5.91 Å². The summed E-state index contributed by atoms with van der Waals surface area (Å²) in [5.74, 6) is 1.24. The molecule has 56 valence electrons. The van der Waals surface area contributed by atoms with Crippen molar-refractivity contribution in [3.05, 3.63) is 0 Å². The molecule has 2 fully saturated rings. The number of hydrogen-bond donors (Lipinski definition) is 0. The molecule has 2 heteroatoms. The minimum absolute atomic E-state index is 0.381. The lowest BCUT2D eigenvalue weighted by molar-refractivity contribution is -0.127. The second kappa shape index (κ2) is 2.26. The van der Waals surface area contributed by atoms with E-state index in [2.05, 4.69) is 0 Å². The van der Waals surface area contributed by atoms with Crippen molar-refractivity contribution in [1.82, 2.24) is 4.90 Å². The van der Waals surface area contributed by atoms with E-state index >= 15 is 0 Å². The first-order valence-corrected chi connectivity index (χ1v) is 4.14. The van der Waals surface area contributed by atoms with E-state index in [1.807, 2.05) is 4.90 Å². The Kier molecular flexibility index (Phi) is 1.40. The molecule has 0 radical (unpaired) electrons. The topological polar surface area (TPSA) is 20.3 Å². The number of rotatable bonds is 2. The predicted molar refractivity (Wildman–Crippen MR) is 38.5 cm³/mol. The van der Waals surface area contributed by atoms with E-state index in [9.17, 15) is 4.79 Å². The van der Waals surface area contributed by atoms with Gasteiger partial charge in [-0.15, -0.1) is 0 Å². The normalized spacial score (nSPS) is 26.0. The summed E-state index contributed by atoms with van der Waals surface area (Å²) >= 11 is 0. The maximum Gasteiger partial charge on any atom is 0.222 e. The summed E-state index contributed by atoms with van der Waals surface area (Å²) in [4.78, 5) is 13.1. The van der Waals surface area contributed by atoms with Crippen molar-refractivity contribution in [2.24, 2.45) is 5.92 Å². The molecule has 1 saturated heterocycles. The summed E-state index contributed by atoms with van der Waals surface area (Å²) in [6.45, 7) is 2.08. The Hall–Kier alpha value is -0.530. The Morgan fingerprint density at radius 1 is 1.50 bits per heavy atom. The van der Waals surface area contributed by atoms with Crippen molar-refractivity contribution in [2.75, 3.05) is 13.1 Å². The first-order valence-electron chi connectivity index (χ1n) is 4.14. The summed E-state index contributed by atoms with van der Waals surface area (Å²) in [5.41, 5.74) is 0. The van der Waals surface area contributed by atoms with Crippen LogP contribution < -0.4 is 0 Å². The highest BCUT2D eigenvalue weighted by Gasteiger charge is 2.28. The van der Waals surface area contributed by atoms with Crippen LogP contribution >= 0.6 is 0 Å². The fourth-order valence-electron chi connectivity index (χ4n) is 1.51. The zero-order chi connectivity index (χ0) is 6.97. The number of hydrogen-bond acceptors (Lipinski definition) is 1. The van der Waals surface area contributed by atoms with Gasteiger partial charge in [-0.3, -0.25) is 4.79 Å². The summed E-state index contributed by atoms with van der Waals surface area (Å²) < 4.78 is 0. The summed E-state index contributed by atoms with van der Waals surface area (Å²) in [6, 6.07) is 0. The largest absolute Gasteiger partial charge is 0.342 e. The van der Waals surface area contributed by atoms with Gasteiger partial charge in [0, 0.05) is 19.5 Å². The number of amides is 1. The van der Waals surface area contributed by atoms with Gasteiger partial charge in [0.15, 0.2) is 0 Å². The quantitative estimate of drug-likeness (QED) is 0.559. The van der Waals surface area contributed by atoms with Crippen molar-refractivity contribution < 1.29 is 4.79 Å². The molecular weight excluding hydrogens is 126 g/mol. The summed E-state index contributed by atoms with van der Waals surface area (Å²) in [7, 11) is 0. The fourth-order valence-corrected chi connectivity index (χ4v) is 1.51. The van der Waals surface area contributed by atoms with E-state index in [0.717, 1.165) is 31.8 Å². The van der Waals surface area contributed by atoms with E-state index in [0.29, 0.717) is 5.91 Å². The maximum absolute atomic E-state index is 11.1. The lowest BCUT2D eigenvalue weighted by atomic mass is 10.4. The third-order valence-corrected chi connectivity index (χ3v) is 2.35. The molecule has 1 aliphatic heterocycles. The van der Waals surface area contributed by atoms with Gasteiger partial charge < -0.3 is 4.90 Å². The second-order valence-electron chi connectivity index (χ2n) is 3.39. The van der Waals surface area contributed by atoms with Crippen LogP contribution in [0.15, 0.2) is 0 Å². The standard InChI is InChI=1S/C8H13NO/c10-8-2-1-5-9(8)6-7-3-4-7/h7H,1-6H2. The van der Waals surface area contributed by atoms with Gasteiger partial charge >= 0.3 is 0 Å². The van der Waals surface area contributed by atoms with Crippen LogP contribution in [-0.4, -0.2) is 23.9 Å². The molecule has 0 unspecified atom stereocenters. The molecule has 2 rings (SSSR count). The first kappa shape index (κ1) is 6.20. The molecule has 0 N–H and O–H groups in total. The van der Waals surface area contributed by atoms with E-state index in [4.69, 9.17) is 0 Å². The zero-order valence-corrected chi connectivity index (χ0v) is 6.18. The molecule has 1 heterocycles. The lowest BCUT2D eigenvalue weighted by Gasteiger charge is -2.13. The Morgan fingerprint density at radius 3 is 2.80 bits per heavy atom. The van der Waals surface area contributed by atoms with E-state index < -0.39 is 0 Å². The third kappa shape index (κ3) is 1.15. The van der Waals surface area contributed by atoms with Crippen LogP contribution in [0.2, 0.25) is 0 Å². The number of likely N-dealkylation sites (tertiary alicyclic amines) is 1. The molecule has 0 atom stereocenters. The van der Waals surface area contributed by atoms with Crippen LogP contribution in [0.5, 0.6) is 0 Å². The fraction of sp³-hybridized carbons (Fsp3) is 0.875. The average Bonchev–Trinajstić information content (AvgIpc) is 2.62. The van der Waals surface area contributed by atoms with Crippen LogP contribution in [0.1, 0.15) is 25.7 Å². The molecule has 0 aromatic carbocycles. The summed E-state index contributed by atoms with van der Waals surface area (Å²) in [5, 5.41) is 0. The molecule has 0 bridgehead atoms. The molecular formula is C8H13NO. The summed E-state index contributed by atoms with van der Waals surface area (Å²) in [6.07, 6.45) is 4.59. The molecule has 1 amide bonds. The van der Waals surface area contributed by atoms with Gasteiger partial charge in [0.25, 0.3) is 0 Å². The van der Waals surface area contributed by atoms with Crippen molar-refractivity contribution in [1.29, 1.82) is 0 Å². The van der Waals surface area contributed by atoms with Gasteiger partial charge in [-0.25, -0.2) is 0 Å². The molecule has 10 heavy (non-hydrogen) atoms. The Balaban J connectivity index is 1.84. The highest BCUT2D eigenvalue weighted by molar-refractivity contribution is 5.78. The highest BCUT2D eigenvalue weighted by Crippen LogP contribution is 2.30. The Bertz CT molecular complexity index is 151. The van der Waals surface area contributed by atoms with Crippen molar-refractivity contribution in [2.45, 2.75) is 25.7 Å². The first-order chi connectivity index (χ1) is 4.86. The predicted octanol–water partition coefficient (Wildman–Crippen LogP) is 1.02. The average molecular weight is 139 g/mol. The van der Waals surface area contributed by atoms with E-state index in [-0.39, 0.29) is 0 Å². The molecule has 1 aliphatic carbocycles. The molecule has 0 spiro atoms. The van der Waals surface area contributed by atoms with Gasteiger partial charge in [-0.2, -0.15) is 0 Å². The van der Waals surface area contributed by atoms with E-state index in [1.54, 1.807) is 0 Å². The van der Waals surface area contributed by atoms with Gasteiger partial charge in [0.05, 0.1) is 0 Å². The third-order valence-electron chi connectivity index (χ3n) is 2.35. The second-order valence-corrected chi connectivity index (χ2v) is 3.39. The maximum atomic E-state index is 11.1. The number of nitrogens with zero attached hydrogens (tertiary/aromatic N) is 1. The van der Waals surface area contributed by atoms with Crippen LogP contribution in [0.4, 0.5) is 0 Å². The van der Waals surface area contributed by atoms with Gasteiger partial charge in [0.1, 0.15) is 0 Å². The Morgan fingerprint density at radius 2 is 2.30 bits per heavy atom. The number of carbonyl (C=O) groups is 1. The zero-order valence-electron chi connectivity index (χ0n) is 6.18. The van der Waals surface area contributed by atoms with Crippen LogP contribution in [0.3, 0.4) is 0 Å². The molecule has 2 aliphatic rings. The molecule has 0 aromatic heterocycles. The molecule has 0 aromatic rings. The minimum atomic E-state index is 0.381. The van der Waals surface area contributed by atoms with Gasteiger partial charge in [-0.1, -0.05) is 0 Å². The molecule has 1 saturated carbocycles.